The third-order valence-electron chi connectivity index (χ3n) is 7.70. The second-order valence-corrected chi connectivity index (χ2v) is 9.89. The molecule has 0 bridgehead atoms. The quantitative estimate of drug-likeness (QED) is 0.525. The van der Waals surface area contributed by atoms with Crippen LogP contribution in [0.4, 0.5) is 27.6 Å². The van der Waals surface area contributed by atoms with Crippen LogP contribution in [0, 0.1) is 17.6 Å². The normalized spacial score (nSPS) is 27.1. The molecule has 2 saturated heterocycles. The van der Waals surface area contributed by atoms with Gasteiger partial charge >= 0.3 is 6.18 Å². The summed E-state index contributed by atoms with van der Waals surface area (Å²) in [5, 5.41) is 5.60. The Hall–Kier alpha value is -3.32. The number of benzene rings is 1. The zero-order valence-electron chi connectivity index (χ0n) is 21.7. The number of aromatic nitrogens is 1. The van der Waals surface area contributed by atoms with Crippen molar-refractivity contribution in [1.82, 2.24) is 15.2 Å². The monoisotopic (exact) mass is 556 g/mol. The summed E-state index contributed by atoms with van der Waals surface area (Å²) in [6.07, 6.45) is -4.58. The molecule has 0 unspecified atom stereocenters. The third-order valence-corrected chi connectivity index (χ3v) is 7.70. The van der Waals surface area contributed by atoms with Gasteiger partial charge in [0.25, 0.3) is 11.8 Å². The van der Waals surface area contributed by atoms with Crippen molar-refractivity contribution in [3.8, 4) is 5.75 Å². The van der Waals surface area contributed by atoms with E-state index in [2.05, 4.69) is 15.6 Å². The van der Waals surface area contributed by atoms with Crippen LogP contribution >= 0.6 is 0 Å². The first-order chi connectivity index (χ1) is 18.3. The number of rotatable bonds is 6. The van der Waals surface area contributed by atoms with Crippen molar-refractivity contribution in [2.75, 3.05) is 32.6 Å². The lowest BCUT2D eigenvalue weighted by atomic mass is 9.77. The van der Waals surface area contributed by atoms with E-state index in [4.69, 9.17) is 9.47 Å². The van der Waals surface area contributed by atoms with E-state index in [1.807, 2.05) is 0 Å². The maximum absolute atomic E-state index is 14.5. The van der Waals surface area contributed by atoms with Crippen molar-refractivity contribution < 1.29 is 41.0 Å². The van der Waals surface area contributed by atoms with E-state index in [0.29, 0.717) is 13.1 Å². The van der Waals surface area contributed by atoms with Crippen LogP contribution in [0.25, 0.3) is 0 Å². The molecule has 8 nitrogen and oxygen atoms in total. The number of hydrogen-bond acceptors (Lipinski definition) is 6. The predicted octanol–water partition coefficient (Wildman–Crippen LogP) is 3.88. The number of alkyl halides is 3. The van der Waals surface area contributed by atoms with Gasteiger partial charge in [-0.25, -0.2) is 4.39 Å². The minimum absolute atomic E-state index is 0.0456. The van der Waals surface area contributed by atoms with Gasteiger partial charge in [-0.2, -0.15) is 17.6 Å². The highest BCUT2D eigenvalue weighted by molar-refractivity contribution is 5.98. The molecule has 4 rings (SSSR count). The second kappa shape index (κ2) is 10.7. The summed E-state index contributed by atoms with van der Waals surface area (Å²) in [6.45, 7) is 3.03. The molecule has 2 aromatic rings. The number of hydrogen-bond donors (Lipinski definition) is 2. The van der Waals surface area contributed by atoms with Crippen LogP contribution in [0.1, 0.15) is 42.2 Å². The van der Waals surface area contributed by atoms with Crippen LogP contribution in [-0.2, 0) is 9.53 Å². The summed E-state index contributed by atoms with van der Waals surface area (Å²) in [5.41, 5.74) is -2.77. The Balaban J connectivity index is 1.65. The SMILES string of the molecule is CN[C@@H]1CCN(C(=O)c2cc(NC(=O)[C@@H]3O[C@@](C)(C(F)(F)F)[C@@H](C)[C@H]3c3ccc(F)c(F)c3OC)ccn2)C1. The fourth-order valence-electron chi connectivity index (χ4n) is 5.22. The van der Waals surface area contributed by atoms with Gasteiger partial charge in [0.05, 0.1) is 7.11 Å². The van der Waals surface area contributed by atoms with Crippen LogP contribution in [0.3, 0.4) is 0 Å². The largest absolute Gasteiger partial charge is 0.493 e. The highest BCUT2D eigenvalue weighted by Gasteiger charge is 2.66. The van der Waals surface area contributed by atoms with E-state index >= 15 is 0 Å². The average molecular weight is 557 g/mol. The molecule has 2 aliphatic heterocycles. The fraction of sp³-hybridized carbons (Fsp3) is 0.500. The minimum Gasteiger partial charge on any atom is -0.493 e. The summed E-state index contributed by atoms with van der Waals surface area (Å²) < 4.78 is 81.2. The Morgan fingerprint density at radius 3 is 2.56 bits per heavy atom. The van der Waals surface area contributed by atoms with E-state index < -0.39 is 53.0 Å². The van der Waals surface area contributed by atoms with Gasteiger partial charge in [0.2, 0.25) is 5.82 Å². The van der Waals surface area contributed by atoms with Gasteiger partial charge in [-0.1, -0.05) is 13.0 Å². The van der Waals surface area contributed by atoms with Crippen molar-refractivity contribution in [2.24, 2.45) is 5.92 Å². The number of amides is 2. The Kier molecular flexibility index (Phi) is 7.86. The Morgan fingerprint density at radius 2 is 1.95 bits per heavy atom. The number of nitrogens with zero attached hydrogens (tertiary/aromatic N) is 2. The van der Waals surface area contributed by atoms with Crippen LogP contribution < -0.4 is 15.4 Å². The Bertz CT molecular complexity index is 1260. The first kappa shape index (κ1) is 28.7. The van der Waals surface area contributed by atoms with Gasteiger partial charge in [0.15, 0.2) is 17.2 Å². The predicted molar refractivity (Wildman–Crippen MR) is 130 cm³/mol. The molecule has 2 aliphatic rings. The van der Waals surface area contributed by atoms with E-state index in [1.54, 1.807) is 11.9 Å². The van der Waals surface area contributed by atoms with Gasteiger partial charge in [-0.3, -0.25) is 14.6 Å². The number of carbonyl (C=O) groups is 2. The Labute approximate surface area is 221 Å². The molecule has 1 aromatic heterocycles. The molecule has 212 valence electrons. The van der Waals surface area contributed by atoms with Crippen molar-refractivity contribution in [1.29, 1.82) is 0 Å². The van der Waals surface area contributed by atoms with E-state index in [-0.39, 0.29) is 28.9 Å². The smallest absolute Gasteiger partial charge is 0.417 e. The highest BCUT2D eigenvalue weighted by Crippen LogP contribution is 2.55. The number of anilines is 1. The van der Waals surface area contributed by atoms with E-state index in [0.717, 1.165) is 32.6 Å². The third kappa shape index (κ3) is 5.17. The molecule has 5 atom stereocenters. The van der Waals surface area contributed by atoms with E-state index in [9.17, 15) is 31.5 Å². The molecule has 39 heavy (non-hydrogen) atoms. The number of nitrogens with one attached hydrogen (secondary N) is 2. The first-order valence-corrected chi connectivity index (χ1v) is 12.3. The van der Waals surface area contributed by atoms with Crippen LogP contribution in [-0.4, -0.2) is 72.9 Å². The molecule has 2 fully saturated rings. The minimum atomic E-state index is -4.89. The number of likely N-dealkylation sites (N-methyl/N-ethyl adjacent to an activating group) is 1. The number of likely N-dealkylation sites (tertiary alicyclic amines) is 1. The molecule has 13 heteroatoms. The maximum atomic E-state index is 14.5. The van der Waals surface area contributed by atoms with Crippen LogP contribution in [0.2, 0.25) is 0 Å². The van der Waals surface area contributed by atoms with Gasteiger partial charge in [0.1, 0.15) is 11.8 Å². The molecule has 2 N–H and O–H groups in total. The second-order valence-electron chi connectivity index (χ2n) is 9.89. The van der Waals surface area contributed by atoms with Gasteiger partial charge < -0.3 is 25.0 Å². The maximum Gasteiger partial charge on any atom is 0.417 e. The van der Waals surface area contributed by atoms with Gasteiger partial charge in [0, 0.05) is 48.4 Å². The van der Waals surface area contributed by atoms with Crippen LogP contribution in [0.15, 0.2) is 30.5 Å². The summed E-state index contributed by atoms with van der Waals surface area (Å²) in [7, 11) is 2.85. The number of pyridine rings is 1. The average Bonchev–Trinajstić information content (AvgIpc) is 3.48. The summed E-state index contributed by atoms with van der Waals surface area (Å²) >= 11 is 0. The zero-order chi connectivity index (χ0) is 28.7. The molecular weight excluding hydrogens is 527 g/mol. The molecule has 0 saturated carbocycles. The zero-order valence-corrected chi connectivity index (χ0v) is 21.7. The highest BCUT2D eigenvalue weighted by atomic mass is 19.4. The van der Waals surface area contributed by atoms with Crippen molar-refractivity contribution in [2.45, 2.75) is 50.1 Å². The number of ether oxygens (including phenoxy) is 2. The lowest BCUT2D eigenvalue weighted by molar-refractivity contribution is -0.272. The number of carbonyl (C=O) groups excluding carboxylic acids is 2. The number of halogens is 5. The molecular formula is C26H29F5N4O4. The molecule has 1 aromatic carbocycles. The summed E-state index contributed by atoms with van der Waals surface area (Å²) in [4.78, 5) is 32.0. The fourth-order valence-corrected chi connectivity index (χ4v) is 5.22. The van der Waals surface area contributed by atoms with Crippen molar-refractivity contribution in [3.05, 3.63) is 53.4 Å². The molecule has 3 heterocycles. The van der Waals surface area contributed by atoms with E-state index in [1.165, 1.54) is 25.3 Å². The Morgan fingerprint density at radius 1 is 1.23 bits per heavy atom. The summed E-state index contributed by atoms with van der Waals surface area (Å²) in [5.74, 6) is -7.32. The standard InChI is InChI=1S/C26H29F5N4O4/c1-13-19(16-5-6-17(27)20(28)21(16)38-4)22(39-25(13,2)26(29,30)31)23(36)34-14-7-9-33-18(11-14)24(37)35-10-8-15(12-35)32-3/h5-7,9,11,13,15,19,22,32H,8,10,12H2,1-4H3,(H,33,34,36)/t13-,15+,19-,22+,25+/m0/s1. The van der Waals surface area contributed by atoms with Crippen molar-refractivity contribution in [3.63, 3.8) is 0 Å². The summed E-state index contributed by atoms with van der Waals surface area (Å²) in [6, 6.07) is 4.69. The first-order valence-electron chi connectivity index (χ1n) is 12.3. The lowest BCUT2D eigenvalue weighted by Crippen LogP contribution is -2.47. The lowest BCUT2D eigenvalue weighted by Gasteiger charge is -2.32. The number of methoxy groups -OCH3 is 1. The molecule has 0 radical (unpaired) electrons. The molecule has 0 spiro atoms. The topological polar surface area (TPSA) is 92.8 Å². The van der Waals surface area contributed by atoms with Crippen LogP contribution in [0.5, 0.6) is 5.75 Å². The molecule has 0 aliphatic carbocycles. The molecule has 2 amide bonds. The van der Waals surface area contributed by atoms with Gasteiger partial charge in [-0.15, -0.1) is 0 Å². The van der Waals surface area contributed by atoms with Crippen molar-refractivity contribution >= 4 is 17.5 Å². The van der Waals surface area contributed by atoms with Gasteiger partial charge in [-0.05, 0) is 38.6 Å².